The van der Waals surface area contributed by atoms with Crippen LogP contribution in [-0.4, -0.2) is 245 Å². The molecule has 4 aromatic carbocycles. The van der Waals surface area contributed by atoms with Crippen LogP contribution in [0.15, 0.2) is 178 Å². The predicted molar refractivity (Wildman–Crippen MR) is 398 cm³/mol. The number of hydrogen-bond donors (Lipinski definition) is 12. The first-order valence-electron chi connectivity index (χ1n) is 36.0. The zero-order valence-electron chi connectivity index (χ0n) is 62.6. The molecule has 50 heteroatoms. The van der Waals surface area contributed by atoms with Crippen molar-refractivity contribution in [3.05, 3.63) is 228 Å². The molecule has 12 aromatic rings. The number of nitrogens with zero attached hydrogens (tertiary/aromatic N) is 12. The molecule has 44 nitrogen and oxygen atoms in total. The maximum absolute atomic E-state index is 12.9. The molecule has 12 N–H and O–H groups in total. The van der Waals surface area contributed by atoms with Crippen molar-refractivity contribution in [1.82, 2.24) is 57.2 Å². The number of halogens is 6. The molecular weight excluding hydrogens is 1670 g/mol. The van der Waals surface area contributed by atoms with Crippen LogP contribution >= 0.6 is 0 Å². The van der Waals surface area contributed by atoms with Gasteiger partial charge in [0.25, 0.3) is 22.2 Å². The van der Waals surface area contributed by atoms with Gasteiger partial charge in [-0.25, -0.2) is 19.2 Å². The summed E-state index contributed by atoms with van der Waals surface area (Å²) in [5, 5.41) is 134. The van der Waals surface area contributed by atoms with Crippen LogP contribution in [0.4, 0.5) is 26.3 Å². The van der Waals surface area contributed by atoms with Crippen LogP contribution in [0.25, 0.3) is 43.9 Å². The summed E-state index contributed by atoms with van der Waals surface area (Å²) in [6.45, 7) is -3.66. The second kappa shape index (κ2) is 36.7. The Kier molecular flexibility index (Phi) is 26.8. The molecule has 4 aliphatic heterocycles. The normalized spacial score (nSPS) is 23.8. The van der Waals surface area contributed by atoms with E-state index in [0.717, 1.165) is 86.8 Å². The summed E-state index contributed by atoms with van der Waals surface area (Å²) in [6, 6.07) is 21.3. The molecule has 12 heterocycles. The van der Waals surface area contributed by atoms with Crippen molar-refractivity contribution in [3.63, 3.8) is 0 Å². The monoisotopic (exact) mass is 1740 g/mol. The lowest BCUT2D eigenvalue weighted by Crippen LogP contribution is -2.43. The molecule has 4 unspecified atom stereocenters. The first-order valence-corrected chi connectivity index (χ1v) is 36.0. The number of aromatic nitrogens is 12. The molecule has 4 fully saturated rings. The number of alkyl halides is 6. The van der Waals surface area contributed by atoms with Crippen molar-refractivity contribution < 1.29 is 144 Å². The number of ether oxygens (including phenoxy) is 8. The number of methoxy groups -OCH3 is 2. The van der Waals surface area contributed by atoms with E-state index in [-0.39, 0.29) is 53.8 Å². The van der Waals surface area contributed by atoms with E-state index in [1.807, 2.05) is 0 Å². The van der Waals surface area contributed by atoms with Gasteiger partial charge in [-0.05, 0) is 54.6 Å². The first-order chi connectivity index (χ1) is 58.1. The maximum Gasteiger partial charge on any atom is 0.573 e. The van der Waals surface area contributed by atoms with Crippen molar-refractivity contribution in [2.24, 2.45) is 0 Å². The number of benzene rings is 4. The van der Waals surface area contributed by atoms with Crippen molar-refractivity contribution >= 4 is 43.9 Å². The molecule has 16 rings (SSSR count). The highest BCUT2D eigenvalue weighted by Crippen LogP contribution is 2.37. The third-order valence-corrected chi connectivity index (χ3v) is 19.8. The minimum Gasteiger partial charge on any atom is -0.497 e. The maximum atomic E-state index is 12.9. The fourth-order valence-electron chi connectivity index (χ4n) is 13.6. The Labute approximate surface area is 678 Å². The number of hydrogen-bond acceptors (Lipinski definition) is 36. The first kappa shape index (κ1) is 89.9. The number of rotatable bonds is 20. The average Bonchev–Trinajstić information content (AvgIpc) is 1.67. The smallest absolute Gasteiger partial charge is 0.497 e. The van der Waals surface area contributed by atoms with E-state index in [1.165, 1.54) is 44.8 Å². The second-order valence-corrected chi connectivity index (χ2v) is 27.2. The van der Waals surface area contributed by atoms with Crippen LogP contribution in [-0.2, 0) is 45.1 Å². The molecule has 0 aliphatic carbocycles. The summed E-state index contributed by atoms with van der Waals surface area (Å²) in [5.74, 6) is -0.132. The van der Waals surface area contributed by atoms with Crippen LogP contribution < -0.4 is 63.9 Å². The Morgan fingerprint density at radius 1 is 0.366 bits per heavy atom. The van der Waals surface area contributed by atoms with Crippen LogP contribution in [0.2, 0.25) is 0 Å². The summed E-state index contributed by atoms with van der Waals surface area (Å²) >= 11 is 0. The van der Waals surface area contributed by atoms with E-state index >= 15 is 0 Å². The van der Waals surface area contributed by atoms with Gasteiger partial charge in [0.1, 0.15) is 113 Å². The van der Waals surface area contributed by atoms with Gasteiger partial charge in [-0.1, -0.05) is 40.2 Å². The third-order valence-electron chi connectivity index (χ3n) is 19.8. The number of fused-ring (bicyclic) bond motifs is 4. The number of aliphatic hydroxyl groups excluding tert-OH is 12. The lowest BCUT2D eigenvalue weighted by Gasteiger charge is -2.18. The second-order valence-electron chi connectivity index (χ2n) is 27.2. The highest BCUT2D eigenvalue weighted by atomic mass is 19.4. The van der Waals surface area contributed by atoms with Gasteiger partial charge in [0, 0.05) is 60.5 Å². The van der Waals surface area contributed by atoms with Crippen molar-refractivity contribution in [3.8, 4) is 23.0 Å². The largest absolute Gasteiger partial charge is 0.573 e. The summed E-state index contributed by atoms with van der Waals surface area (Å²) in [7, 11) is 2.99. The molecular formula is C73H74F6N12O32. The molecule has 0 radical (unpaired) electrons. The highest BCUT2D eigenvalue weighted by molar-refractivity contribution is 5.87. The van der Waals surface area contributed by atoms with Gasteiger partial charge in [0.15, 0.2) is 47.4 Å². The zero-order chi connectivity index (χ0) is 87.8. The fraction of sp³-hybridized carbons (Fsp3) is 0.397. The predicted octanol–water partition coefficient (Wildman–Crippen LogP) is -2.31. The summed E-state index contributed by atoms with van der Waals surface area (Å²) < 4.78 is 142. The number of aliphatic hydroxyl groups is 12. The molecule has 0 bridgehead atoms. The van der Waals surface area contributed by atoms with E-state index in [0.29, 0.717) is 49.4 Å². The van der Waals surface area contributed by atoms with Gasteiger partial charge in [-0.3, -0.25) is 55.7 Å². The average molecular weight is 1750 g/mol. The molecule has 123 heavy (non-hydrogen) atoms. The molecule has 0 amide bonds. The summed E-state index contributed by atoms with van der Waals surface area (Å²) in [5.41, 5.74) is -4.86. The highest BCUT2D eigenvalue weighted by Gasteiger charge is 2.48. The van der Waals surface area contributed by atoms with Gasteiger partial charge >= 0.3 is 35.5 Å². The quantitative estimate of drug-likeness (QED) is 0.0357. The van der Waals surface area contributed by atoms with E-state index in [9.17, 15) is 126 Å². The van der Waals surface area contributed by atoms with Gasteiger partial charge in [0.2, 0.25) is 5.58 Å². The van der Waals surface area contributed by atoms with E-state index in [4.69, 9.17) is 46.5 Å². The Morgan fingerprint density at radius 2 is 0.724 bits per heavy atom. The molecule has 0 spiro atoms. The van der Waals surface area contributed by atoms with Crippen LogP contribution in [0, 0.1) is 0 Å². The minimum absolute atomic E-state index is 0. The van der Waals surface area contributed by atoms with Crippen LogP contribution in [0.5, 0.6) is 23.0 Å². The van der Waals surface area contributed by atoms with Gasteiger partial charge in [-0.2, -0.15) is 0 Å². The summed E-state index contributed by atoms with van der Waals surface area (Å²) in [4.78, 5) is 101. The Hall–Kier alpha value is -12.4. The summed E-state index contributed by atoms with van der Waals surface area (Å²) in [6.07, 6.45) is -26.8. The topological polar surface area (TPSA) is 597 Å². The van der Waals surface area contributed by atoms with Crippen LogP contribution in [0.3, 0.4) is 0 Å². The van der Waals surface area contributed by atoms with Crippen molar-refractivity contribution in [2.75, 3.05) is 40.6 Å². The van der Waals surface area contributed by atoms with E-state index in [1.54, 1.807) is 36.4 Å². The van der Waals surface area contributed by atoms with Gasteiger partial charge in [0.05, 0.1) is 83.0 Å². The fourth-order valence-corrected chi connectivity index (χ4v) is 13.6. The zero-order valence-corrected chi connectivity index (χ0v) is 62.6. The van der Waals surface area contributed by atoms with Gasteiger partial charge < -0.3 is 117 Å². The Morgan fingerprint density at radius 3 is 1.12 bits per heavy atom. The Balaban J connectivity index is 0.000000149. The minimum atomic E-state index is -5.00. The molecule has 4 saturated heterocycles. The molecule has 16 atom stereocenters. The standard InChI is InChI=1S/2C18H16F3N3O8.2C18H19N3O8.CH4/c19-18(20,21)31-8-1-2-9-10(22-32-11(9)5-8)6-24-13(26)3-4-23(17(24)29)16-15(28)14(27)12(7-25)30-16;19-18(20,21)31-9-2-1-3-10-13(9)8(22-32-10)6-24-12(26)4-5-23(17(24)29)16-15(28)14(27)11(7-25)30-16;1-27-9-2-3-12-10(6-9)11(19-29-12)7-21-14(23)4-5-20(18(21)26)17-16(25)15(24)13(8-22)28-17;1-27-11-4-2-3-9-10(19-29-16(9)11)7-21-13(23)5-6-20(18(21)26)17-15(25)14(24)12(8-22)28-17;/h1-5,12,14-16,25,27-28H,6-7H2;1-5,11,14-16,25,27-28H,6-7H2;2-6,13,15-17,22,24-25H,7-8H2,1H3;2-6,12,14-15,17,22,24-25H,7-8H2,1H3;1H4/t12-,14+,15?,16-;11-,14+,15?,16-;13-,15+,16?,17-;12-,14+,15?,17-;/m1111./s1. The van der Waals surface area contributed by atoms with Gasteiger partial charge in [-0.15, -0.1) is 26.3 Å². The lowest BCUT2D eigenvalue weighted by atomic mass is 10.1. The van der Waals surface area contributed by atoms with Crippen LogP contribution in [0.1, 0.15) is 55.1 Å². The molecule has 0 saturated carbocycles. The third kappa shape index (κ3) is 18.3. The van der Waals surface area contributed by atoms with Crippen molar-refractivity contribution in [1.29, 1.82) is 0 Å². The van der Waals surface area contributed by atoms with E-state index < -0.39 is 207 Å². The molecule has 8 aromatic heterocycles. The SMILES string of the molecule is C.COc1ccc2onc(Cn3c(=O)ccn([C@@H]4O[C@H](CO)[C@H](O)C4O)c3=O)c2c1.COc1cccc2c(Cn3c(=O)ccn([C@@H]4O[C@H](CO)[C@H](O)C4O)c3=O)noc12.O=c1ccn([C@@H]2O[C@H](CO)[C@H](O)C2O)c(=O)n1Cc1noc2cc(OC(F)(F)F)ccc12.O=c1ccn([C@@H]2O[C@H](CO)[C@H](O)C2O)c(=O)n1Cc1noc2cccc(OC(F)(F)F)c12. The molecule has 4 aliphatic rings. The Bertz CT molecular complexity index is 6200. The lowest BCUT2D eigenvalue weighted by molar-refractivity contribution is -0.275. The molecule has 660 valence electrons. The number of para-hydroxylation sites is 1. The van der Waals surface area contributed by atoms with Crippen molar-refractivity contribution in [2.45, 2.75) is 144 Å². The van der Waals surface area contributed by atoms with E-state index in [2.05, 4.69) is 30.1 Å².